The Labute approximate surface area is 301 Å². The Morgan fingerprint density at radius 3 is 2.25 bits per heavy atom. The van der Waals surface area contributed by atoms with Crippen molar-refractivity contribution in [1.29, 1.82) is 0 Å². The number of hydrogen-bond donors (Lipinski definition) is 1. The summed E-state index contributed by atoms with van der Waals surface area (Å²) in [6.07, 6.45) is 6.21. The molecule has 3 fully saturated rings. The number of benzene rings is 4. The molecule has 8 heteroatoms. The Morgan fingerprint density at radius 2 is 1.55 bits per heavy atom. The zero-order valence-corrected chi connectivity index (χ0v) is 28.5. The second kappa shape index (κ2) is 12.4. The van der Waals surface area contributed by atoms with E-state index in [2.05, 4.69) is 13.2 Å². The van der Waals surface area contributed by atoms with Crippen LogP contribution < -0.4 is 9.80 Å². The zero-order chi connectivity index (χ0) is 35.6. The van der Waals surface area contributed by atoms with Gasteiger partial charge in [0.1, 0.15) is 5.75 Å². The normalized spacial score (nSPS) is 26.8. The molecule has 51 heavy (non-hydrogen) atoms. The van der Waals surface area contributed by atoms with E-state index in [9.17, 15) is 19.5 Å². The Bertz CT molecular complexity index is 2180. The molecule has 0 spiro atoms. The lowest BCUT2D eigenvalue weighted by molar-refractivity contribution is -0.127. The van der Waals surface area contributed by atoms with Crippen LogP contribution in [0.1, 0.15) is 41.0 Å². The highest BCUT2D eigenvalue weighted by atomic mass is 35.5. The van der Waals surface area contributed by atoms with Crippen molar-refractivity contribution in [3.63, 3.8) is 0 Å². The zero-order valence-electron chi connectivity index (χ0n) is 27.7. The minimum absolute atomic E-state index is 0.0133. The second-order valence-corrected chi connectivity index (χ2v) is 14.2. The SMILES string of the molecule is C=CCc1cccc(C2C3=CCC4C(=O)N(c5ccc(C=C)cc5)C(=O)C4C3CC3C(=O)N(c4cccc(Cl)c4)C(=O)C32c2ccccc2)c1O. The van der Waals surface area contributed by atoms with Gasteiger partial charge in [-0.1, -0.05) is 109 Å². The lowest BCUT2D eigenvalue weighted by atomic mass is 9.49. The van der Waals surface area contributed by atoms with E-state index < -0.39 is 46.8 Å². The molecule has 2 heterocycles. The minimum Gasteiger partial charge on any atom is -0.507 e. The number of aromatic hydroxyl groups is 1. The van der Waals surface area contributed by atoms with Crippen LogP contribution in [-0.4, -0.2) is 28.7 Å². The van der Waals surface area contributed by atoms with Gasteiger partial charge in [0.2, 0.25) is 23.6 Å². The molecule has 1 N–H and O–H groups in total. The van der Waals surface area contributed by atoms with Crippen LogP contribution in [-0.2, 0) is 31.0 Å². The predicted octanol–water partition coefficient (Wildman–Crippen LogP) is 7.78. The minimum atomic E-state index is -1.48. The highest BCUT2D eigenvalue weighted by Crippen LogP contribution is 2.65. The number of hydrogen-bond acceptors (Lipinski definition) is 5. The average Bonchev–Trinajstić information content (AvgIpc) is 3.53. The van der Waals surface area contributed by atoms with Crippen LogP contribution in [0.4, 0.5) is 11.4 Å². The molecular weight excluding hydrogens is 660 g/mol. The van der Waals surface area contributed by atoms with E-state index in [1.807, 2.05) is 60.7 Å². The number of nitrogens with zero attached hydrogens (tertiary/aromatic N) is 2. The maximum Gasteiger partial charge on any atom is 0.246 e. The molecule has 4 aliphatic rings. The van der Waals surface area contributed by atoms with Crippen LogP contribution in [0, 0.1) is 23.7 Å². The molecule has 0 radical (unpaired) electrons. The van der Waals surface area contributed by atoms with Gasteiger partial charge in [-0.05, 0) is 72.2 Å². The first-order valence-electron chi connectivity index (χ1n) is 17.1. The summed E-state index contributed by atoms with van der Waals surface area (Å²) in [7, 11) is 0. The number of carbonyl (C=O) groups excluding carboxylic acids is 4. The van der Waals surface area contributed by atoms with E-state index in [-0.39, 0.29) is 30.4 Å². The number of phenols is 1. The Morgan fingerprint density at radius 1 is 0.804 bits per heavy atom. The summed E-state index contributed by atoms with van der Waals surface area (Å²) < 4.78 is 0. The number of allylic oxidation sites excluding steroid dienone is 3. The fraction of sp³-hybridized carbons (Fsp3) is 0.209. The molecule has 2 aliphatic carbocycles. The van der Waals surface area contributed by atoms with Crippen molar-refractivity contribution < 1.29 is 24.3 Å². The molecular formula is C43H35ClN2O5. The van der Waals surface area contributed by atoms with Crippen molar-refractivity contribution in [2.75, 3.05) is 9.80 Å². The van der Waals surface area contributed by atoms with Crippen LogP contribution >= 0.6 is 11.6 Å². The number of amides is 4. The summed E-state index contributed by atoms with van der Waals surface area (Å²) in [4.78, 5) is 61.4. The number of phenolic OH excluding ortho intramolecular Hbond substituents is 1. The van der Waals surface area contributed by atoms with Crippen molar-refractivity contribution in [2.24, 2.45) is 23.7 Å². The molecule has 4 aromatic carbocycles. The molecule has 1 saturated carbocycles. The number of carbonyl (C=O) groups is 4. The van der Waals surface area contributed by atoms with Crippen molar-refractivity contribution >= 4 is 52.7 Å². The van der Waals surface area contributed by atoms with Crippen molar-refractivity contribution in [2.45, 2.75) is 30.6 Å². The van der Waals surface area contributed by atoms with Crippen LogP contribution in [0.25, 0.3) is 6.08 Å². The average molecular weight is 695 g/mol. The maximum absolute atomic E-state index is 15.4. The quantitative estimate of drug-likeness (QED) is 0.158. The molecule has 2 aliphatic heterocycles. The monoisotopic (exact) mass is 694 g/mol. The summed E-state index contributed by atoms with van der Waals surface area (Å²) in [5, 5.41) is 12.4. The molecule has 2 saturated heterocycles. The summed E-state index contributed by atoms with van der Waals surface area (Å²) in [5.41, 5.74) is 2.74. The smallest absolute Gasteiger partial charge is 0.246 e. The third-order valence-corrected chi connectivity index (χ3v) is 11.6. The van der Waals surface area contributed by atoms with Crippen molar-refractivity contribution in [1.82, 2.24) is 0 Å². The van der Waals surface area contributed by atoms with E-state index in [0.717, 1.165) is 11.1 Å². The van der Waals surface area contributed by atoms with Gasteiger partial charge in [0, 0.05) is 16.5 Å². The van der Waals surface area contributed by atoms with E-state index in [0.29, 0.717) is 39.5 Å². The third-order valence-electron chi connectivity index (χ3n) is 11.4. The van der Waals surface area contributed by atoms with Gasteiger partial charge in [-0.15, -0.1) is 6.58 Å². The molecule has 7 nitrogen and oxygen atoms in total. The molecule has 254 valence electrons. The molecule has 6 atom stereocenters. The van der Waals surface area contributed by atoms with Gasteiger partial charge < -0.3 is 5.11 Å². The first-order chi connectivity index (χ1) is 24.7. The van der Waals surface area contributed by atoms with Gasteiger partial charge >= 0.3 is 0 Å². The highest BCUT2D eigenvalue weighted by Gasteiger charge is 2.70. The van der Waals surface area contributed by atoms with E-state index in [4.69, 9.17) is 11.6 Å². The molecule has 4 aromatic rings. The van der Waals surface area contributed by atoms with Crippen molar-refractivity contribution in [3.8, 4) is 5.75 Å². The summed E-state index contributed by atoms with van der Waals surface area (Å²) in [6, 6.07) is 28.5. The lowest BCUT2D eigenvalue weighted by Crippen LogP contribution is -2.53. The molecule has 6 unspecified atom stereocenters. The number of anilines is 2. The Balaban J connectivity index is 1.36. The topological polar surface area (TPSA) is 95.0 Å². The van der Waals surface area contributed by atoms with Crippen LogP contribution in [0.5, 0.6) is 5.75 Å². The van der Waals surface area contributed by atoms with Crippen LogP contribution in [0.15, 0.2) is 128 Å². The van der Waals surface area contributed by atoms with Crippen LogP contribution in [0.3, 0.4) is 0 Å². The number of imide groups is 2. The first kappa shape index (κ1) is 32.7. The van der Waals surface area contributed by atoms with Gasteiger partial charge in [-0.2, -0.15) is 0 Å². The lowest BCUT2D eigenvalue weighted by Gasteiger charge is -2.50. The third kappa shape index (κ3) is 4.71. The second-order valence-electron chi connectivity index (χ2n) is 13.7. The number of fused-ring (bicyclic) bond motifs is 4. The van der Waals surface area contributed by atoms with Crippen molar-refractivity contribution in [3.05, 3.63) is 155 Å². The van der Waals surface area contributed by atoms with E-state index >= 15 is 4.79 Å². The Hall–Kier alpha value is -5.53. The van der Waals surface area contributed by atoms with E-state index in [1.165, 1.54) is 9.80 Å². The fourth-order valence-corrected chi connectivity index (χ4v) is 9.45. The Kier molecular flexibility index (Phi) is 7.91. The largest absolute Gasteiger partial charge is 0.507 e. The van der Waals surface area contributed by atoms with Gasteiger partial charge in [0.05, 0.1) is 34.5 Å². The highest BCUT2D eigenvalue weighted by molar-refractivity contribution is 6.32. The van der Waals surface area contributed by atoms with Gasteiger partial charge in [-0.25, -0.2) is 4.90 Å². The molecule has 0 aromatic heterocycles. The predicted molar refractivity (Wildman–Crippen MR) is 197 cm³/mol. The number of para-hydroxylation sites is 1. The molecule has 0 bridgehead atoms. The van der Waals surface area contributed by atoms with Gasteiger partial charge in [0.15, 0.2) is 0 Å². The molecule has 8 rings (SSSR count). The van der Waals surface area contributed by atoms with E-state index in [1.54, 1.807) is 54.6 Å². The summed E-state index contributed by atoms with van der Waals surface area (Å²) in [6.45, 7) is 7.67. The first-order valence-corrected chi connectivity index (χ1v) is 17.5. The van der Waals surface area contributed by atoms with Crippen LogP contribution in [0.2, 0.25) is 5.02 Å². The molecule has 4 amide bonds. The number of halogens is 1. The number of rotatable bonds is 7. The van der Waals surface area contributed by atoms with Gasteiger partial charge in [0.25, 0.3) is 0 Å². The standard InChI is InChI=1S/C43H35ClN2O5/c1-3-10-26-11-8-16-33(38(26)47)37-31-21-22-32-36(41(50)45(39(32)48)29-19-17-25(4-2)18-20-29)34(31)24-35-40(49)46(30-15-9-14-28(44)23-30)42(51)43(35,37)27-12-6-5-7-13-27/h3-9,11-21,23,32,34-37,47H,1-2,10,22,24H2. The van der Waals surface area contributed by atoms with Gasteiger partial charge in [-0.3, -0.25) is 24.1 Å². The fourth-order valence-electron chi connectivity index (χ4n) is 9.27. The summed E-state index contributed by atoms with van der Waals surface area (Å²) in [5.74, 6) is -5.14. The maximum atomic E-state index is 15.4. The summed E-state index contributed by atoms with van der Waals surface area (Å²) >= 11 is 6.41.